The lowest BCUT2D eigenvalue weighted by atomic mass is 10.2. The molecule has 0 amide bonds. The highest BCUT2D eigenvalue weighted by Gasteiger charge is 2.29. The van der Waals surface area contributed by atoms with Gasteiger partial charge < -0.3 is 9.72 Å². The number of pyridine rings is 1. The van der Waals surface area contributed by atoms with Gasteiger partial charge in [-0.05, 0) is 26.0 Å². The number of ether oxygens (including phenoxy) is 1. The monoisotopic (exact) mass is 399 g/mol. The van der Waals surface area contributed by atoms with Gasteiger partial charge in [-0.25, -0.2) is 13.4 Å². The molecule has 144 valence electrons. The smallest absolute Gasteiger partial charge is 0.422 e. The predicted octanol–water partition coefficient (Wildman–Crippen LogP) is 3.49. The molecule has 3 aromatic rings. The average Bonchev–Trinajstić information content (AvgIpc) is 3.00. The van der Waals surface area contributed by atoms with E-state index < -0.39 is 28.4 Å². The maximum absolute atomic E-state index is 12.7. The minimum Gasteiger partial charge on any atom is -0.484 e. The number of H-pyrrole nitrogens is 1. The molecule has 3 rings (SSSR count). The van der Waals surface area contributed by atoms with Crippen molar-refractivity contribution in [3.63, 3.8) is 0 Å². The van der Waals surface area contributed by atoms with E-state index in [0.717, 1.165) is 0 Å². The van der Waals surface area contributed by atoms with Gasteiger partial charge in [0.15, 0.2) is 6.61 Å². The molecule has 27 heavy (non-hydrogen) atoms. The summed E-state index contributed by atoms with van der Waals surface area (Å²) >= 11 is 0. The zero-order valence-electron chi connectivity index (χ0n) is 14.5. The number of para-hydroxylation sites is 2. The summed E-state index contributed by atoms with van der Waals surface area (Å²) < 4.78 is 67.5. The Balaban J connectivity index is 1.93. The van der Waals surface area contributed by atoms with Crippen LogP contribution >= 0.6 is 0 Å². The van der Waals surface area contributed by atoms with Crippen LogP contribution < -0.4 is 4.74 Å². The lowest BCUT2D eigenvalue weighted by Crippen LogP contribution is -2.20. The van der Waals surface area contributed by atoms with E-state index in [9.17, 15) is 21.6 Å². The summed E-state index contributed by atoms with van der Waals surface area (Å²) in [6.45, 7) is 1.56. The topological polar surface area (TPSA) is 84.9 Å². The number of hydrogen-bond acceptors (Lipinski definition) is 5. The van der Waals surface area contributed by atoms with Crippen LogP contribution in [0.5, 0.6) is 5.75 Å². The van der Waals surface area contributed by atoms with Gasteiger partial charge in [0.05, 0.1) is 16.7 Å². The molecule has 0 atom stereocenters. The second-order valence-electron chi connectivity index (χ2n) is 6.06. The molecule has 10 heteroatoms. The molecule has 6 nitrogen and oxygen atoms in total. The van der Waals surface area contributed by atoms with Crippen LogP contribution in [0.2, 0.25) is 0 Å². The molecule has 0 unspecified atom stereocenters. The normalized spacial score (nSPS) is 12.5. The van der Waals surface area contributed by atoms with Gasteiger partial charge >= 0.3 is 6.18 Å². The molecule has 0 aliphatic carbocycles. The molecule has 2 heterocycles. The molecule has 0 bridgehead atoms. The fourth-order valence-electron chi connectivity index (χ4n) is 2.54. The Hall–Kier alpha value is -2.62. The molecular weight excluding hydrogens is 383 g/mol. The number of nitrogens with zero attached hydrogens (tertiary/aromatic N) is 2. The average molecular weight is 399 g/mol. The molecule has 1 aromatic carbocycles. The zero-order valence-corrected chi connectivity index (χ0v) is 15.3. The summed E-state index contributed by atoms with van der Waals surface area (Å²) in [5.41, 5.74) is 1.78. The number of aromatic nitrogens is 3. The fraction of sp³-hybridized carbons (Fsp3) is 0.294. The van der Waals surface area contributed by atoms with E-state index in [-0.39, 0.29) is 22.2 Å². The molecule has 2 aromatic heterocycles. The molecule has 0 spiro atoms. The van der Waals surface area contributed by atoms with Crippen molar-refractivity contribution in [1.29, 1.82) is 0 Å². The minimum atomic E-state index is -4.50. The number of rotatable bonds is 5. The highest BCUT2D eigenvalue weighted by Crippen LogP contribution is 2.27. The number of halogens is 3. The maximum atomic E-state index is 12.7. The van der Waals surface area contributed by atoms with Crippen molar-refractivity contribution in [2.24, 2.45) is 0 Å². The van der Waals surface area contributed by atoms with Crippen molar-refractivity contribution < 1.29 is 26.3 Å². The van der Waals surface area contributed by atoms with Crippen molar-refractivity contribution in [2.75, 3.05) is 6.61 Å². The van der Waals surface area contributed by atoms with Crippen molar-refractivity contribution in [1.82, 2.24) is 15.0 Å². The second-order valence-corrected chi connectivity index (χ2v) is 7.96. The van der Waals surface area contributed by atoms with Crippen molar-refractivity contribution in [2.45, 2.75) is 30.9 Å². The van der Waals surface area contributed by atoms with Gasteiger partial charge in [0.1, 0.15) is 11.5 Å². The van der Waals surface area contributed by atoms with Crippen LogP contribution in [0, 0.1) is 13.8 Å². The van der Waals surface area contributed by atoms with Crippen LogP contribution in [-0.2, 0) is 15.6 Å². The van der Waals surface area contributed by atoms with Crippen LogP contribution in [0.1, 0.15) is 17.0 Å². The molecule has 0 aliphatic heterocycles. The number of benzene rings is 1. The summed E-state index contributed by atoms with van der Waals surface area (Å²) in [6, 6.07) is 8.19. The number of nitrogens with one attached hydrogen (secondary N) is 1. The lowest BCUT2D eigenvalue weighted by molar-refractivity contribution is -0.153. The van der Waals surface area contributed by atoms with Gasteiger partial charge in [0.25, 0.3) is 0 Å². The van der Waals surface area contributed by atoms with Crippen molar-refractivity contribution in [3.8, 4) is 5.75 Å². The quantitative estimate of drug-likeness (QED) is 0.710. The fourth-order valence-corrected chi connectivity index (χ4v) is 3.82. The van der Waals surface area contributed by atoms with Crippen LogP contribution in [0.3, 0.4) is 0 Å². The highest BCUT2D eigenvalue weighted by atomic mass is 32.2. The lowest BCUT2D eigenvalue weighted by Gasteiger charge is -2.14. The number of aromatic amines is 1. The van der Waals surface area contributed by atoms with E-state index in [4.69, 9.17) is 4.74 Å². The van der Waals surface area contributed by atoms with E-state index in [2.05, 4.69) is 15.0 Å². The van der Waals surface area contributed by atoms with E-state index in [1.807, 2.05) is 0 Å². The Kier molecular flexibility index (Phi) is 4.85. The van der Waals surface area contributed by atoms with Crippen LogP contribution in [-0.4, -0.2) is 36.2 Å². The zero-order chi connectivity index (χ0) is 19.8. The Morgan fingerprint density at radius 3 is 2.52 bits per heavy atom. The Bertz CT molecular complexity index is 1060. The third-order valence-corrected chi connectivity index (χ3v) is 5.27. The molecular formula is C17H16F3N3O3S. The number of hydrogen-bond donors (Lipinski definition) is 1. The molecule has 0 saturated carbocycles. The largest absolute Gasteiger partial charge is 0.484 e. The van der Waals surface area contributed by atoms with Gasteiger partial charge in [-0.1, -0.05) is 12.1 Å². The third-order valence-electron chi connectivity index (χ3n) is 3.83. The molecule has 0 aliphatic rings. The van der Waals surface area contributed by atoms with E-state index in [0.29, 0.717) is 16.7 Å². The predicted molar refractivity (Wildman–Crippen MR) is 92.2 cm³/mol. The molecule has 0 radical (unpaired) electrons. The van der Waals surface area contributed by atoms with E-state index >= 15 is 0 Å². The Labute approximate surface area is 153 Å². The van der Waals surface area contributed by atoms with Crippen LogP contribution in [0.4, 0.5) is 13.2 Å². The summed E-state index contributed by atoms with van der Waals surface area (Å²) in [7, 11) is -3.88. The molecule has 1 N–H and O–H groups in total. The van der Waals surface area contributed by atoms with Gasteiger partial charge in [-0.3, -0.25) is 4.98 Å². The first kappa shape index (κ1) is 19.2. The summed E-state index contributed by atoms with van der Waals surface area (Å²) in [5, 5.41) is -0.218. The first-order chi connectivity index (χ1) is 12.5. The summed E-state index contributed by atoms with van der Waals surface area (Å²) in [5.74, 6) is -0.558. The Morgan fingerprint density at radius 1 is 1.15 bits per heavy atom. The standard InChI is InChI=1S/C17H16F3N3O3S/c1-10-7-15(26-9-17(18,19)20)11(2)14(21-10)8-27(24,25)16-22-12-5-3-4-6-13(12)23-16/h3-7H,8-9H2,1-2H3,(H,22,23). The number of alkyl halides is 3. The second kappa shape index (κ2) is 6.84. The summed E-state index contributed by atoms with van der Waals surface area (Å²) in [4.78, 5) is 11.0. The van der Waals surface area contributed by atoms with Gasteiger partial charge in [-0.15, -0.1) is 0 Å². The van der Waals surface area contributed by atoms with Gasteiger partial charge in [-0.2, -0.15) is 13.2 Å². The minimum absolute atomic E-state index is 0.0466. The number of aryl methyl sites for hydroxylation is 1. The van der Waals surface area contributed by atoms with Gasteiger partial charge in [0.2, 0.25) is 15.0 Å². The first-order valence-corrected chi connectivity index (χ1v) is 9.54. The van der Waals surface area contributed by atoms with Crippen molar-refractivity contribution in [3.05, 3.63) is 47.3 Å². The maximum Gasteiger partial charge on any atom is 0.422 e. The van der Waals surface area contributed by atoms with Crippen LogP contribution in [0.25, 0.3) is 11.0 Å². The van der Waals surface area contributed by atoms with Crippen LogP contribution in [0.15, 0.2) is 35.5 Å². The summed E-state index contributed by atoms with van der Waals surface area (Å²) in [6.07, 6.45) is -4.50. The number of fused-ring (bicyclic) bond motifs is 1. The number of sulfone groups is 1. The Morgan fingerprint density at radius 2 is 1.85 bits per heavy atom. The molecule has 0 fully saturated rings. The third kappa shape index (κ3) is 4.38. The van der Waals surface area contributed by atoms with E-state index in [1.165, 1.54) is 13.0 Å². The van der Waals surface area contributed by atoms with Crippen molar-refractivity contribution >= 4 is 20.9 Å². The SMILES string of the molecule is Cc1cc(OCC(F)(F)F)c(C)c(CS(=O)(=O)c2nc3ccccc3[nH]2)n1. The van der Waals surface area contributed by atoms with E-state index in [1.54, 1.807) is 31.2 Å². The number of imidazole rings is 1. The first-order valence-electron chi connectivity index (χ1n) is 7.89. The van der Waals surface area contributed by atoms with Gasteiger partial charge in [0, 0.05) is 17.3 Å². The molecule has 0 saturated heterocycles. The highest BCUT2D eigenvalue weighted by molar-refractivity contribution is 7.90.